The second-order valence-corrected chi connectivity index (χ2v) is 10.4. The van der Waals surface area contributed by atoms with Gasteiger partial charge in [-0.3, -0.25) is 19.5 Å². The van der Waals surface area contributed by atoms with Crippen molar-refractivity contribution < 1.29 is 19.1 Å². The molecule has 2 amide bonds. The standard InChI is InChI=1S/C27H32N4O4/c32-26(33)21-15-29(16-21)17-24-13-20-12-23(14-28-25(20)35-24)31-10-9-30(27(31)34)22-8-4-7-19(11-22)18-5-2-1-3-6-18/h4,8,11-14,18-19,21H,1-3,5-7,9-10,15-17H2,(H,32,33). The number of carboxylic acid groups (broad SMARTS) is 1. The van der Waals surface area contributed by atoms with Crippen molar-refractivity contribution in [3.63, 3.8) is 0 Å². The summed E-state index contributed by atoms with van der Waals surface area (Å²) >= 11 is 0. The molecule has 2 aliphatic heterocycles. The van der Waals surface area contributed by atoms with Crippen molar-refractivity contribution in [2.45, 2.75) is 45.1 Å². The highest BCUT2D eigenvalue weighted by molar-refractivity contribution is 5.97. The van der Waals surface area contributed by atoms with Gasteiger partial charge in [-0.15, -0.1) is 0 Å². The van der Waals surface area contributed by atoms with Gasteiger partial charge in [0.05, 0.1) is 24.3 Å². The molecule has 6 rings (SSSR count). The van der Waals surface area contributed by atoms with E-state index in [0.29, 0.717) is 44.4 Å². The van der Waals surface area contributed by atoms with Crippen LogP contribution in [0.4, 0.5) is 10.5 Å². The molecule has 0 spiro atoms. The van der Waals surface area contributed by atoms with E-state index in [1.54, 1.807) is 11.1 Å². The Kier molecular flexibility index (Phi) is 5.84. The van der Waals surface area contributed by atoms with Crippen LogP contribution in [0, 0.1) is 17.8 Å². The van der Waals surface area contributed by atoms with Crippen LogP contribution in [-0.2, 0) is 11.3 Å². The lowest BCUT2D eigenvalue weighted by molar-refractivity contribution is -0.147. The van der Waals surface area contributed by atoms with Crippen LogP contribution in [0.3, 0.4) is 0 Å². The van der Waals surface area contributed by atoms with Gasteiger partial charge in [-0.25, -0.2) is 9.78 Å². The van der Waals surface area contributed by atoms with Gasteiger partial charge >= 0.3 is 12.0 Å². The van der Waals surface area contributed by atoms with Gasteiger partial charge in [0.2, 0.25) is 5.71 Å². The maximum Gasteiger partial charge on any atom is 0.329 e. The summed E-state index contributed by atoms with van der Waals surface area (Å²) in [4.78, 5) is 34.6. The average molecular weight is 477 g/mol. The zero-order valence-electron chi connectivity index (χ0n) is 19.9. The van der Waals surface area contributed by atoms with Crippen LogP contribution in [0.2, 0.25) is 0 Å². The Morgan fingerprint density at radius 3 is 2.71 bits per heavy atom. The molecule has 1 unspecified atom stereocenters. The molecular weight excluding hydrogens is 444 g/mol. The summed E-state index contributed by atoms with van der Waals surface area (Å²) < 4.78 is 5.87. The number of hydrogen-bond donors (Lipinski definition) is 1. The molecule has 2 saturated heterocycles. The van der Waals surface area contributed by atoms with Gasteiger partial charge in [-0.1, -0.05) is 31.4 Å². The third-order valence-corrected chi connectivity index (χ3v) is 8.06. The number of aliphatic carboxylic acids is 1. The molecule has 8 nitrogen and oxygen atoms in total. The lowest BCUT2D eigenvalue weighted by Crippen LogP contribution is -2.49. The van der Waals surface area contributed by atoms with Crippen molar-refractivity contribution in [3.8, 4) is 0 Å². The second kappa shape index (κ2) is 9.15. The number of allylic oxidation sites excluding steroid dienone is 3. The average Bonchev–Trinajstić information content (AvgIpc) is 3.43. The number of amides is 2. The molecule has 35 heavy (non-hydrogen) atoms. The Bertz CT molecular complexity index is 1190. The maximum atomic E-state index is 13.4. The number of anilines is 1. The summed E-state index contributed by atoms with van der Waals surface area (Å²) in [5.41, 5.74) is 2.35. The Balaban J connectivity index is 1.14. The van der Waals surface area contributed by atoms with E-state index in [2.05, 4.69) is 23.2 Å². The summed E-state index contributed by atoms with van der Waals surface area (Å²) in [5.74, 6) is 1.00. The van der Waals surface area contributed by atoms with Crippen LogP contribution < -0.4 is 4.90 Å². The smallest absolute Gasteiger partial charge is 0.329 e. The number of hydrogen-bond acceptors (Lipinski definition) is 5. The summed E-state index contributed by atoms with van der Waals surface area (Å²) in [7, 11) is 0. The van der Waals surface area contributed by atoms with E-state index in [1.165, 1.54) is 32.1 Å². The highest BCUT2D eigenvalue weighted by Gasteiger charge is 2.34. The molecule has 2 aromatic heterocycles. The molecule has 0 bridgehead atoms. The number of urea groups is 1. The molecule has 184 valence electrons. The number of aromatic nitrogens is 1. The van der Waals surface area contributed by atoms with E-state index in [0.717, 1.165) is 34.9 Å². The number of carbonyl (C=O) groups is 2. The fraction of sp³-hybridized carbons (Fsp3) is 0.519. The van der Waals surface area contributed by atoms with Gasteiger partial charge in [0, 0.05) is 37.3 Å². The number of rotatable bonds is 6. The van der Waals surface area contributed by atoms with Crippen LogP contribution in [0.5, 0.6) is 0 Å². The Hall–Kier alpha value is -3.13. The van der Waals surface area contributed by atoms with Crippen LogP contribution >= 0.6 is 0 Å². The molecule has 0 radical (unpaired) electrons. The van der Waals surface area contributed by atoms with Gasteiger partial charge < -0.3 is 9.52 Å². The number of pyridine rings is 1. The molecule has 1 saturated carbocycles. The maximum absolute atomic E-state index is 13.4. The van der Waals surface area contributed by atoms with E-state index in [9.17, 15) is 9.59 Å². The number of carboxylic acids is 1. The van der Waals surface area contributed by atoms with Crippen LogP contribution in [0.25, 0.3) is 11.1 Å². The zero-order valence-corrected chi connectivity index (χ0v) is 19.9. The van der Waals surface area contributed by atoms with Gasteiger partial charge in [0.15, 0.2) is 0 Å². The van der Waals surface area contributed by atoms with E-state index in [4.69, 9.17) is 9.52 Å². The van der Waals surface area contributed by atoms with Crippen LogP contribution in [-0.4, -0.2) is 58.1 Å². The van der Waals surface area contributed by atoms with E-state index >= 15 is 0 Å². The molecule has 3 fully saturated rings. The third-order valence-electron chi connectivity index (χ3n) is 8.06. The molecular formula is C27H32N4O4. The van der Waals surface area contributed by atoms with Crippen molar-refractivity contribution in [1.82, 2.24) is 14.8 Å². The SMILES string of the molecule is O=C(O)C1CN(Cc2cc3cc(N4CCN(C5=CC(C6CCCCC6)CC=C5)C4=O)cnc3o2)C1. The quantitative estimate of drug-likeness (QED) is 0.654. The minimum absolute atomic E-state index is 0.00430. The summed E-state index contributed by atoms with van der Waals surface area (Å²) in [6.07, 6.45) is 16.1. The summed E-state index contributed by atoms with van der Waals surface area (Å²) in [6, 6.07) is 3.90. The van der Waals surface area contributed by atoms with Crippen molar-refractivity contribution in [1.29, 1.82) is 0 Å². The third kappa shape index (κ3) is 4.35. The van der Waals surface area contributed by atoms with E-state index in [1.807, 2.05) is 21.9 Å². The monoisotopic (exact) mass is 476 g/mol. The predicted molar refractivity (Wildman–Crippen MR) is 132 cm³/mol. The van der Waals surface area contributed by atoms with Crippen LogP contribution in [0.1, 0.15) is 44.3 Å². The first kappa shape index (κ1) is 22.3. The van der Waals surface area contributed by atoms with Crippen molar-refractivity contribution in [3.05, 3.63) is 48.0 Å². The first-order valence-corrected chi connectivity index (χ1v) is 12.9. The Morgan fingerprint density at radius 1 is 1.11 bits per heavy atom. The first-order chi connectivity index (χ1) is 17.0. The molecule has 4 aliphatic rings. The zero-order chi connectivity index (χ0) is 23.9. The lowest BCUT2D eigenvalue weighted by Gasteiger charge is -2.35. The second-order valence-electron chi connectivity index (χ2n) is 10.4. The highest BCUT2D eigenvalue weighted by Crippen LogP contribution is 2.36. The summed E-state index contributed by atoms with van der Waals surface area (Å²) in [6.45, 7) is 2.93. The molecule has 1 atom stereocenters. The van der Waals surface area contributed by atoms with Crippen LogP contribution in [0.15, 0.2) is 46.7 Å². The van der Waals surface area contributed by atoms with Crippen molar-refractivity contribution in [2.75, 3.05) is 31.1 Å². The van der Waals surface area contributed by atoms with Crippen molar-refractivity contribution in [2.24, 2.45) is 17.8 Å². The molecule has 2 aliphatic carbocycles. The molecule has 1 N–H and O–H groups in total. The fourth-order valence-electron chi connectivity index (χ4n) is 6.05. The van der Waals surface area contributed by atoms with E-state index in [-0.39, 0.29) is 11.9 Å². The summed E-state index contributed by atoms with van der Waals surface area (Å²) in [5, 5.41) is 9.91. The highest BCUT2D eigenvalue weighted by atomic mass is 16.4. The van der Waals surface area contributed by atoms with Gasteiger partial charge in [0.1, 0.15) is 5.76 Å². The largest absolute Gasteiger partial charge is 0.481 e. The molecule has 4 heterocycles. The normalized spacial score (nSPS) is 24.3. The Labute approximate surface area is 204 Å². The fourth-order valence-corrected chi connectivity index (χ4v) is 6.05. The minimum atomic E-state index is -0.745. The lowest BCUT2D eigenvalue weighted by atomic mass is 9.77. The molecule has 2 aromatic rings. The predicted octanol–water partition coefficient (Wildman–Crippen LogP) is 4.63. The number of furan rings is 1. The number of carbonyl (C=O) groups excluding carboxylic acids is 1. The first-order valence-electron chi connectivity index (χ1n) is 12.9. The van der Waals surface area contributed by atoms with E-state index < -0.39 is 5.97 Å². The number of nitrogens with zero attached hydrogens (tertiary/aromatic N) is 4. The van der Waals surface area contributed by atoms with Gasteiger partial charge in [-0.05, 0) is 49.3 Å². The number of likely N-dealkylation sites (tertiary alicyclic amines) is 1. The topological polar surface area (TPSA) is 90.1 Å². The van der Waals surface area contributed by atoms with Gasteiger partial charge in [0.25, 0.3) is 0 Å². The number of fused-ring (bicyclic) bond motifs is 1. The van der Waals surface area contributed by atoms with Crippen molar-refractivity contribution >= 4 is 28.8 Å². The Morgan fingerprint density at radius 2 is 1.91 bits per heavy atom. The molecule has 8 heteroatoms. The molecule has 0 aromatic carbocycles. The van der Waals surface area contributed by atoms with Gasteiger partial charge in [-0.2, -0.15) is 0 Å². The minimum Gasteiger partial charge on any atom is -0.481 e.